The number of carbonyl (C=O) groups is 1. The lowest BCUT2D eigenvalue weighted by Crippen LogP contribution is -2.62. The van der Waals surface area contributed by atoms with Crippen LogP contribution < -0.4 is 0 Å². The molecule has 1 N–H and O–H groups in total. The number of β-amino-alcohol motifs (C(OH)–C–C–N with tert-alkyl or cyclic N) is 1. The molecule has 2 aliphatic rings. The van der Waals surface area contributed by atoms with Crippen LogP contribution in [0.1, 0.15) is 29.7 Å². The molecule has 1 aromatic rings. The second-order valence-corrected chi connectivity index (χ2v) is 6.56. The topological polar surface area (TPSA) is 40.5 Å². The van der Waals surface area contributed by atoms with Crippen LogP contribution >= 0.6 is 11.3 Å². The van der Waals surface area contributed by atoms with Gasteiger partial charge in [-0.3, -0.25) is 4.79 Å². The molecule has 3 rings (SSSR count). The van der Waals surface area contributed by atoms with Gasteiger partial charge in [-0.2, -0.15) is 0 Å². The average Bonchev–Trinajstić information content (AvgIpc) is 2.90. The monoisotopic (exact) mass is 251 g/mol. The smallest absolute Gasteiger partial charge is 0.226 e. The Hall–Kier alpha value is -0.870. The highest BCUT2D eigenvalue weighted by Crippen LogP contribution is 2.51. The third-order valence-electron chi connectivity index (χ3n) is 3.72. The van der Waals surface area contributed by atoms with E-state index in [1.165, 1.54) is 10.4 Å². The van der Waals surface area contributed by atoms with Gasteiger partial charge < -0.3 is 10.0 Å². The molecule has 17 heavy (non-hydrogen) atoms. The third kappa shape index (κ3) is 1.89. The van der Waals surface area contributed by atoms with Crippen LogP contribution in [0.3, 0.4) is 0 Å². The van der Waals surface area contributed by atoms with Gasteiger partial charge in [0.15, 0.2) is 0 Å². The molecule has 3 nitrogen and oxygen atoms in total. The lowest BCUT2D eigenvalue weighted by atomic mass is 9.96. The first-order valence-electron chi connectivity index (χ1n) is 6.03. The Morgan fingerprint density at radius 1 is 1.59 bits per heavy atom. The van der Waals surface area contributed by atoms with E-state index in [9.17, 15) is 9.90 Å². The molecule has 0 aromatic carbocycles. The van der Waals surface area contributed by atoms with E-state index in [2.05, 4.69) is 18.4 Å². The van der Waals surface area contributed by atoms with Gasteiger partial charge in [-0.15, -0.1) is 11.3 Å². The lowest BCUT2D eigenvalue weighted by molar-refractivity contribution is -0.153. The molecule has 1 aliphatic heterocycles. The van der Waals surface area contributed by atoms with Crippen molar-refractivity contribution in [3.63, 3.8) is 0 Å². The molecule has 0 unspecified atom stereocenters. The van der Waals surface area contributed by atoms with E-state index in [0.717, 1.165) is 6.42 Å². The number of hydrogen-bond donors (Lipinski definition) is 1. The molecule has 2 fully saturated rings. The van der Waals surface area contributed by atoms with Crippen molar-refractivity contribution in [2.45, 2.75) is 31.8 Å². The number of aliphatic hydroxyl groups is 1. The Kier molecular flexibility index (Phi) is 2.35. The van der Waals surface area contributed by atoms with Gasteiger partial charge in [0.05, 0.1) is 18.7 Å². The van der Waals surface area contributed by atoms with Crippen LogP contribution in [-0.2, 0) is 4.79 Å². The molecule has 4 heteroatoms. The molecule has 2 heterocycles. The highest BCUT2D eigenvalue weighted by Gasteiger charge is 2.50. The second kappa shape index (κ2) is 3.56. The van der Waals surface area contributed by atoms with E-state index in [1.807, 2.05) is 0 Å². The average molecular weight is 251 g/mol. The molecule has 1 amide bonds. The summed E-state index contributed by atoms with van der Waals surface area (Å²) in [6, 6.07) is 2.12. The minimum Gasteiger partial charge on any atom is -0.386 e. The molecule has 1 saturated heterocycles. The van der Waals surface area contributed by atoms with Crippen molar-refractivity contribution < 1.29 is 9.90 Å². The maximum absolute atomic E-state index is 12.1. The maximum Gasteiger partial charge on any atom is 0.226 e. The number of carbonyl (C=O) groups excluding carboxylic acids is 1. The van der Waals surface area contributed by atoms with Crippen molar-refractivity contribution in [2.75, 3.05) is 13.1 Å². The zero-order chi connectivity index (χ0) is 12.2. The lowest BCUT2D eigenvalue weighted by Gasteiger charge is -2.44. The quantitative estimate of drug-likeness (QED) is 0.870. The number of likely N-dealkylation sites (tertiary alicyclic amines) is 1. The molecule has 1 saturated carbocycles. The molecule has 0 radical (unpaired) electrons. The fourth-order valence-corrected chi connectivity index (χ4v) is 3.80. The van der Waals surface area contributed by atoms with E-state index in [1.54, 1.807) is 23.2 Å². The normalized spacial score (nSPS) is 29.9. The number of hydrogen-bond acceptors (Lipinski definition) is 3. The van der Waals surface area contributed by atoms with Crippen LogP contribution in [0.4, 0.5) is 0 Å². The van der Waals surface area contributed by atoms with E-state index in [-0.39, 0.29) is 11.8 Å². The van der Waals surface area contributed by atoms with Gasteiger partial charge in [-0.25, -0.2) is 0 Å². The first kappa shape index (κ1) is 11.2. The zero-order valence-electron chi connectivity index (χ0n) is 10.1. The Morgan fingerprint density at radius 2 is 2.29 bits per heavy atom. The van der Waals surface area contributed by atoms with Crippen molar-refractivity contribution >= 4 is 17.2 Å². The van der Waals surface area contributed by atoms with Crippen LogP contribution in [0.2, 0.25) is 0 Å². The Balaban J connectivity index is 1.62. The third-order valence-corrected chi connectivity index (χ3v) is 4.87. The Morgan fingerprint density at radius 3 is 2.82 bits per heavy atom. The minimum absolute atomic E-state index is 0.170. The summed E-state index contributed by atoms with van der Waals surface area (Å²) in [7, 11) is 0. The van der Waals surface area contributed by atoms with Crippen molar-refractivity contribution in [3.8, 4) is 0 Å². The number of amides is 1. The summed E-state index contributed by atoms with van der Waals surface area (Å²) in [5.74, 6) is 0.839. The predicted molar refractivity (Wildman–Crippen MR) is 67.1 cm³/mol. The van der Waals surface area contributed by atoms with Crippen LogP contribution in [0.15, 0.2) is 11.4 Å². The van der Waals surface area contributed by atoms with E-state index in [0.29, 0.717) is 19.0 Å². The van der Waals surface area contributed by atoms with Gasteiger partial charge in [0.2, 0.25) is 5.91 Å². The van der Waals surface area contributed by atoms with Gasteiger partial charge in [0.25, 0.3) is 0 Å². The first-order chi connectivity index (χ1) is 7.98. The Labute approximate surface area is 105 Å². The van der Waals surface area contributed by atoms with Gasteiger partial charge >= 0.3 is 0 Å². The van der Waals surface area contributed by atoms with Gasteiger partial charge in [0, 0.05) is 16.7 Å². The van der Waals surface area contributed by atoms with E-state index in [4.69, 9.17) is 0 Å². The molecular formula is C13H17NO2S. The maximum atomic E-state index is 12.1. The number of aryl methyl sites for hydroxylation is 1. The molecular weight excluding hydrogens is 234 g/mol. The SMILES string of the molecule is Cc1ccsc1[C@@H]1C[C@H]1C(=O)N1CC(C)(O)C1. The summed E-state index contributed by atoms with van der Waals surface area (Å²) in [5, 5.41) is 11.7. The van der Waals surface area contributed by atoms with Crippen molar-refractivity contribution in [2.24, 2.45) is 5.92 Å². The van der Waals surface area contributed by atoms with E-state index >= 15 is 0 Å². The molecule has 0 bridgehead atoms. The molecule has 0 spiro atoms. The molecule has 1 aliphatic carbocycles. The Bertz CT molecular complexity index is 458. The van der Waals surface area contributed by atoms with Crippen molar-refractivity contribution in [1.29, 1.82) is 0 Å². The number of rotatable bonds is 2. The molecule has 2 atom stereocenters. The largest absolute Gasteiger partial charge is 0.386 e. The van der Waals surface area contributed by atoms with Crippen molar-refractivity contribution in [3.05, 3.63) is 21.9 Å². The second-order valence-electron chi connectivity index (χ2n) is 5.61. The summed E-state index contributed by atoms with van der Waals surface area (Å²) in [5.41, 5.74) is 0.657. The standard InChI is InChI=1S/C13H17NO2S/c1-8-3-4-17-11(8)9-5-10(9)12(15)14-6-13(2,16)7-14/h3-4,9-10,16H,5-7H2,1-2H3/t9-,10-/m1/s1. The minimum atomic E-state index is -0.654. The predicted octanol–water partition coefficient (Wildman–Crippen LogP) is 1.75. The van der Waals surface area contributed by atoms with Crippen LogP contribution in [0.25, 0.3) is 0 Å². The fraction of sp³-hybridized carbons (Fsp3) is 0.615. The van der Waals surface area contributed by atoms with Gasteiger partial charge in [-0.05, 0) is 37.3 Å². The molecule has 1 aromatic heterocycles. The van der Waals surface area contributed by atoms with Gasteiger partial charge in [0.1, 0.15) is 0 Å². The summed E-state index contributed by atoms with van der Waals surface area (Å²) in [4.78, 5) is 15.3. The number of nitrogens with zero attached hydrogens (tertiary/aromatic N) is 1. The highest BCUT2D eigenvalue weighted by molar-refractivity contribution is 7.10. The highest BCUT2D eigenvalue weighted by atomic mass is 32.1. The summed E-state index contributed by atoms with van der Waals surface area (Å²) < 4.78 is 0. The summed E-state index contributed by atoms with van der Waals surface area (Å²) in [6.45, 7) is 4.89. The first-order valence-corrected chi connectivity index (χ1v) is 6.91. The van der Waals surface area contributed by atoms with E-state index < -0.39 is 5.60 Å². The fourth-order valence-electron chi connectivity index (χ4n) is 2.69. The van der Waals surface area contributed by atoms with Crippen LogP contribution in [-0.4, -0.2) is 34.6 Å². The zero-order valence-corrected chi connectivity index (χ0v) is 11.0. The van der Waals surface area contributed by atoms with Crippen LogP contribution in [0, 0.1) is 12.8 Å². The number of thiophene rings is 1. The summed E-state index contributed by atoms with van der Waals surface area (Å²) >= 11 is 1.76. The summed E-state index contributed by atoms with van der Waals surface area (Å²) in [6.07, 6.45) is 0.985. The van der Waals surface area contributed by atoms with Gasteiger partial charge in [-0.1, -0.05) is 0 Å². The molecule has 92 valence electrons. The van der Waals surface area contributed by atoms with Crippen LogP contribution in [0.5, 0.6) is 0 Å². The van der Waals surface area contributed by atoms with Crippen molar-refractivity contribution in [1.82, 2.24) is 4.90 Å².